The molecule has 2 heterocycles. The van der Waals surface area contributed by atoms with Gasteiger partial charge in [-0.2, -0.15) is 0 Å². The summed E-state index contributed by atoms with van der Waals surface area (Å²) in [5, 5.41) is 20.1. The Morgan fingerprint density at radius 2 is 2.53 bits per heavy atom. The van der Waals surface area contributed by atoms with Gasteiger partial charge in [0.1, 0.15) is 0 Å². The summed E-state index contributed by atoms with van der Waals surface area (Å²) in [6.07, 6.45) is 1.96. The summed E-state index contributed by atoms with van der Waals surface area (Å²) in [6.45, 7) is 0.944. The molecule has 1 aromatic heterocycles. The second kappa shape index (κ2) is 4.16. The monoisotopic (exact) mass is 228 g/mol. The SMILES string of the molecule is O=C(O)c1csc(N2CCCC2CO)n1. The van der Waals surface area contributed by atoms with Crippen LogP contribution in [0.3, 0.4) is 0 Å². The van der Waals surface area contributed by atoms with E-state index >= 15 is 0 Å². The third-order valence-electron chi connectivity index (χ3n) is 2.54. The van der Waals surface area contributed by atoms with Crippen LogP contribution in [0.15, 0.2) is 5.38 Å². The molecule has 0 bridgehead atoms. The first kappa shape index (κ1) is 10.4. The van der Waals surface area contributed by atoms with Crippen LogP contribution in [0.2, 0.25) is 0 Å². The first-order chi connectivity index (χ1) is 7.22. The number of carbonyl (C=O) groups is 1. The summed E-state index contributed by atoms with van der Waals surface area (Å²) >= 11 is 1.32. The van der Waals surface area contributed by atoms with E-state index in [1.807, 2.05) is 4.90 Å². The second-order valence-corrected chi connectivity index (χ2v) is 4.33. The molecule has 1 fully saturated rings. The minimum absolute atomic E-state index is 0.0820. The first-order valence-electron chi connectivity index (χ1n) is 4.78. The third-order valence-corrected chi connectivity index (χ3v) is 3.42. The van der Waals surface area contributed by atoms with Gasteiger partial charge in [-0.1, -0.05) is 0 Å². The molecule has 0 aliphatic carbocycles. The van der Waals surface area contributed by atoms with Crippen molar-refractivity contribution in [2.24, 2.45) is 0 Å². The molecular weight excluding hydrogens is 216 g/mol. The summed E-state index contributed by atoms with van der Waals surface area (Å²) < 4.78 is 0. The van der Waals surface area contributed by atoms with Crippen LogP contribution in [0, 0.1) is 0 Å². The Morgan fingerprint density at radius 3 is 3.13 bits per heavy atom. The maximum atomic E-state index is 10.7. The van der Waals surface area contributed by atoms with Crippen LogP contribution in [-0.4, -0.2) is 40.4 Å². The highest BCUT2D eigenvalue weighted by Gasteiger charge is 2.26. The zero-order chi connectivity index (χ0) is 10.8. The number of thiazole rings is 1. The van der Waals surface area contributed by atoms with Crippen LogP contribution in [-0.2, 0) is 0 Å². The van der Waals surface area contributed by atoms with Crippen molar-refractivity contribution in [2.75, 3.05) is 18.1 Å². The standard InChI is InChI=1S/C9H12N2O3S/c12-4-6-2-1-3-11(6)9-10-7(5-15-9)8(13)14/h5-6,12H,1-4H2,(H,13,14). The van der Waals surface area contributed by atoms with Crippen LogP contribution in [0.4, 0.5) is 5.13 Å². The first-order valence-corrected chi connectivity index (χ1v) is 5.66. The second-order valence-electron chi connectivity index (χ2n) is 3.49. The van der Waals surface area contributed by atoms with Gasteiger partial charge in [-0.05, 0) is 12.8 Å². The Bertz CT molecular complexity index is 366. The maximum Gasteiger partial charge on any atom is 0.355 e. The van der Waals surface area contributed by atoms with Gasteiger partial charge in [-0.3, -0.25) is 0 Å². The number of hydrogen-bond acceptors (Lipinski definition) is 5. The van der Waals surface area contributed by atoms with E-state index in [1.165, 1.54) is 16.7 Å². The lowest BCUT2D eigenvalue weighted by Gasteiger charge is -2.21. The van der Waals surface area contributed by atoms with E-state index in [2.05, 4.69) is 4.98 Å². The summed E-state index contributed by atoms with van der Waals surface area (Å²) in [6, 6.07) is 0.0952. The van der Waals surface area contributed by atoms with E-state index in [9.17, 15) is 4.79 Å². The van der Waals surface area contributed by atoms with E-state index < -0.39 is 5.97 Å². The molecule has 2 N–H and O–H groups in total. The Morgan fingerprint density at radius 1 is 1.73 bits per heavy atom. The summed E-state index contributed by atoms with van der Waals surface area (Å²) in [5.41, 5.74) is 0.0820. The Hall–Kier alpha value is -1.14. The lowest BCUT2D eigenvalue weighted by molar-refractivity contribution is 0.0691. The highest BCUT2D eigenvalue weighted by atomic mass is 32.1. The van der Waals surface area contributed by atoms with Gasteiger partial charge in [-0.25, -0.2) is 9.78 Å². The van der Waals surface area contributed by atoms with Gasteiger partial charge in [0.25, 0.3) is 0 Å². The van der Waals surface area contributed by atoms with Crippen molar-refractivity contribution in [3.05, 3.63) is 11.1 Å². The largest absolute Gasteiger partial charge is 0.476 e. The lowest BCUT2D eigenvalue weighted by atomic mass is 10.2. The zero-order valence-electron chi connectivity index (χ0n) is 8.09. The molecule has 0 amide bonds. The summed E-state index contributed by atoms with van der Waals surface area (Å²) in [5.74, 6) is -1.00. The molecule has 0 spiro atoms. The van der Waals surface area contributed by atoms with Crippen molar-refractivity contribution >= 4 is 22.4 Å². The van der Waals surface area contributed by atoms with Crippen molar-refractivity contribution in [3.63, 3.8) is 0 Å². The van der Waals surface area contributed by atoms with Gasteiger partial charge in [0, 0.05) is 11.9 Å². The van der Waals surface area contributed by atoms with Crippen LogP contribution < -0.4 is 4.90 Å². The quantitative estimate of drug-likeness (QED) is 0.800. The molecule has 1 saturated heterocycles. The predicted octanol–water partition coefficient (Wildman–Crippen LogP) is 0.802. The number of aromatic carboxylic acids is 1. The van der Waals surface area contributed by atoms with Gasteiger partial charge in [-0.15, -0.1) is 11.3 Å². The minimum Gasteiger partial charge on any atom is -0.476 e. The fourth-order valence-corrected chi connectivity index (χ4v) is 2.67. The summed E-state index contributed by atoms with van der Waals surface area (Å²) in [4.78, 5) is 16.7. The molecular formula is C9H12N2O3S. The van der Waals surface area contributed by atoms with Crippen LogP contribution in [0.5, 0.6) is 0 Å². The van der Waals surface area contributed by atoms with E-state index in [-0.39, 0.29) is 18.3 Å². The average molecular weight is 228 g/mol. The number of anilines is 1. The number of aliphatic hydroxyl groups excluding tert-OH is 1. The predicted molar refractivity (Wildman–Crippen MR) is 56.5 cm³/mol. The van der Waals surface area contributed by atoms with Crippen molar-refractivity contribution in [2.45, 2.75) is 18.9 Å². The van der Waals surface area contributed by atoms with E-state index in [0.717, 1.165) is 19.4 Å². The number of hydrogen-bond donors (Lipinski definition) is 2. The number of carboxylic acid groups (broad SMARTS) is 1. The van der Waals surface area contributed by atoms with E-state index in [0.29, 0.717) is 5.13 Å². The molecule has 1 atom stereocenters. The molecule has 0 saturated carbocycles. The fourth-order valence-electron chi connectivity index (χ4n) is 1.77. The normalized spacial score (nSPS) is 20.9. The molecule has 1 aromatic rings. The maximum absolute atomic E-state index is 10.7. The minimum atomic E-state index is -1.00. The van der Waals surface area contributed by atoms with Crippen LogP contribution in [0.25, 0.3) is 0 Å². The van der Waals surface area contributed by atoms with Crippen LogP contribution in [0.1, 0.15) is 23.3 Å². The Kier molecular flexibility index (Phi) is 2.88. The van der Waals surface area contributed by atoms with Crippen molar-refractivity contribution in [1.82, 2.24) is 4.98 Å². The summed E-state index contributed by atoms with van der Waals surface area (Å²) in [7, 11) is 0. The van der Waals surface area contributed by atoms with Crippen molar-refractivity contribution in [3.8, 4) is 0 Å². The highest BCUT2D eigenvalue weighted by Crippen LogP contribution is 2.28. The molecule has 0 aromatic carbocycles. The van der Waals surface area contributed by atoms with Crippen LogP contribution >= 0.6 is 11.3 Å². The lowest BCUT2D eigenvalue weighted by Crippen LogP contribution is -2.31. The molecule has 1 aliphatic heterocycles. The van der Waals surface area contributed by atoms with Crippen molar-refractivity contribution in [1.29, 1.82) is 0 Å². The molecule has 6 heteroatoms. The van der Waals surface area contributed by atoms with E-state index in [1.54, 1.807) is 0 Å². The van der Waals surface area contributed by atoms with Gasteiger partial charge in [0.2, 0.25) is 0 Å². The Balaban J connectivity index is 2.18. The Labute approximate surface area is 91.0 Å². The molecule has 15 heavy (non-hydrogen) atoms. The zero-order valence-corrected chi connectivity index (χ0v) is 8.90. The number of aliphatic hydroxyl groups is 1. The average Bonchev–Trinajstić information content (AvgIpc) is 2.85. The molecule has 1 unspecified atom stereocenters. The number of aromatic nitrogens is 1. The van der Waals surface area contributed by atoms with Gasteiger partial charge in [0.15, 0.2) is 10.8 Å². The molecule has 1 aliphatic rings. The molecule has 5 nitrogen and oxygen atoms in total. The molecule has 2 rings (SSSR count). The van der Waals surface area contributed by atoms with Gasteiger partial charge in [0.05, 0.1) is 12.6 Å². The van der Waals surface area contributed by atoms with Gasteiger partial charge < -0.3 is 15.1 Å². The topological polar surface area (TPSA) is 73.7 Å². The van der Waals surface area contributed by atoms with Gasteiger partial charge >= 0.3 is 5.97 Å². The van der Waals surface area contributed by atoms with E-state index in [4.69, 9.17) is 10.2 Å². The fraction of sp³-hybridized carbons (Fsp3) is 0.556. The number of rotatable bonds is 3. The van der Waals surface area contributed by atoms with Crippen molar-refractivity contribution < 1.29 is 15.0 Å². The molecule has 82 valence electrons. The number of nitrogens with zero attached hydrogens (tertiary/aromatic N) is 2. The molecule has 0 radical (unpaired) electrons. The third kappa shape index (κ3) is 1.95. The smallest absolute Gasteiger partial charge is 0.355 e. The number of carboxylic acids is 1. The highest BCUT2D eigenvalue weighted by molar-refractivity contribution is 7.13.